The van der Waals surface area contributed by atoms with E-state index in [1.807, 2.05) is 47.8 Å². The van der Waals surface area contributed by atoms with Gasteiger partial charge in [0.05, 0.1) is 0 Å². The van der Waals surface area contributed by atoms with Gasteiger partial charge in [0.25, 0.3) is 11.8 Å². The summed E-state index contributed by atoms with van der Waals surface area (Å²) in [6, 6.07) is 20.2. The molecule has 3 aromatic rings. The van der Waals surface area contributed by atoms with Crippen LogP contribution in [-0.2, 0) is 4.79 Å². The normalized spacial score (nSPS) is 14.2. The predicted octanol–water partition coefficient (Wildman–Crippen LogP) is 4.07. The van der Waals surface area contributed by atoms with E-state index < -0.39 is 0 Å². The van der Waals surface area contributed by atoms with Crippen molar-refractivity contribution in [1.29, 1.82) is 0 Å². The second-order valence-corrected chi connectivity index (χ2v) is 8.76. The van der Waals surface area contributed by atoms with E-state index in [0.29, 0.717) is 37.3 Å². The molecule has 2 amide bonds. The summed E-state index contributed by atoms with van der Waals surface area (Å²) < 4.78 is 0. The molecule has 1 aromatic heterocycles. The van der Waals surface area contributed by atoms with E-state index >= 15 is 0 Å². The summed E-state index contributed by atoms with van der Waals surface area (Å²) in [6.07, 6.45) is 1.74. The molecule has 6 nitrogen and oxygen atoms in total. The first-order chi connectivity index (χ1) is 16.0. The summed E-state index contributed by atoms with van der Waals surface area (Å²) in [5.41, 5.74) is 2.48. The molecule has 1 N–H and O–H groups in total. The molecule has 0 unspecified atom stereocenters. The Kier molecular flexibility index (Phi) is 7.00. The zero-order chi connectivity index (χ0) is 23.2. The van der Waals surface area contributed by atoms with Gasteiger partial charge in [0.15, 0.2) is 5.78 Å². The molecule has 168 valence electrons. The molecule has 0 aliphatic carbocycles. The minimum absolute atomic E-state index is 0.0413. The molecule has 0 radical (unpaired) electrons. The Morgan fingerprint density at radius 2 is 1.55 bits per heavy atom. The van der Waals surface area contributed by atoms with Crippen LogP contribution < -0.4 is 10.2 Å². The first kappa shape index (κ1) is 22.5. The molecule has 0 atom stereocenters. The molecule has 2 heterocycles. The Hall–Kier alpha value is -3.71. The van der Waals surface area contributed by atoms with Gasteiger partial charge in [-0.25, -0.2) is 0 Å². The molecule has 7 heteroatoms. The molecule has 0 saturated carbocycles. The van der Waals surface area contributed by atoms with Gasteiger partial charge in [-0.1, -0.05) is 24.3 Å². The number of thiophene rings is 1. The molecule has 4 rings (SSSR count). The number of rotatable bonds is 6. The van der Waals surface area contributed by atoms with Crippen LogP contribution in [0, 0.1) is 0 Å². The highest BCUT2D eigenvalue weighted by molar-refractivity contribution is 7.10. The van der Waals surface area contributed by atoms with Gasteiger partial charge in [0.1, 0.15) is 5.70 Å². The number of anilines is 1. The van der Waals surface area contributed by atoms with Crippen molar-refractivity contribution < 1.29 is 14.4 Å². The van der Waals surface area contributed by atoms with Crippen LogP contribution in [-0.4, -0.2) is 48.7 Å². The van der Waals surface area contributed by atoms with Gasteiger partial charge in [-0.2, -0.15) is 0 Å². The number of hydrogen-bond acceptors (Lipinski definition) is 5. The Bertz CT molecular complexity index is 1150. The van der Waals surface area contributed by atoms with E-state index in [2.05, 4.69) is 10.2 Å². The number of ketones is 1. The second-order valence-electron chi connectivity index (χ2n) is 7.78. The number of Topliss-reactive ketones (excluding diaryl/α,β-unsaturated/α-hetero) is 1. The Morgan fingerprint density at radius 1 is 0.848 bits per heavy atom. The summed E-state index contributed by atoms with van der Waals surface area (Å²) in [5, 5.41) is 4.75. The maximum absolute atomic E-state index is 13.3. The van der Waals surface area contributed by atoms with Gasteiger partial charge in [-0.05, 0) is 60.8 Å². The van der Waals surface area contributed by atoms with Crippen molar-refractivity contribution in [3.63, 3.8) is 0 Å². The highest BCUT2D eigenvalue weighted by Gasteiger charge is 2.25. The van der Waals surface area contributed by atoms with Crippen LogP contribution in [0.3, 0.4) is 0 Å². The Morgan fingerprint density at radius 3 is 2.15 bits per heavy atom. The fourth-order valence-electron chi connectivity index (χ4n) is 3.70. The van der Waals surface area contributed by atoms with Crippen LogP contribution in [0.2, 0.25) is 0 Å². The second kappa shape index (κ2) is 10.3. The van der Waals surface area contributed by atoms with Gasteiger partial charge in [0.2, 0.25) is 0 Å². The lowest BCUT2D eigenvalue weighted by Gasteiger charge is -2.36. The molecule has 0 bridgehead atoms. The summed E-state index contributed by atoms with van der Waals surface area (Å²) in [6.45, 7) is 3.97. The van der Waals surface area contributed by atoms with E-state index in [1.54, 1.807) is 42.2 Å². The highest BCUT2D eigenvalue weighted by atomic mass is 32.1. The smallest absolute Gasteiger partial charge is 0.270 e. The quantitative estimate of drug-likeness (QED) is 0.446. The lowest BCUT2D eigenvalue weighted by Crippen LogP contribution is -2.50. The average molecular weight is 460 g/mol. The van der Waals surface area contributed by atoms with Crippen LogP contribution >= 0.6 is 11.3 Å². The van der Waals surface area contributed by atoms with Gasteiger partial charge in [-0.3, -0.25) is 14.4 Å². The van der Waals surface area contributed by atoms with Gasteiger partial charge in [-0.15, -0.1) is 11.3 Å². The highest BCUT2D eigenvalue weighted by Crippen LogP contribution is 2.19. The zero-order valence-corrected chi connectivity index (χ0v) is 19.2. The molecular weight excluding hydrogens is 434 g/mol. The lowest BCUT2D eigenvalue weighted by molar-refractivity contribution is -0.127. The maximum Gasteiger partial charge on any atom is 0.270 e. The molecule has 1 fully saturated rings. The van der Waals surface area contributed by atoms with Crippen molar-refractivity contribution in [2.75, 3.05) is 31.1 Å². The average Bonchev–Trinajstić information content (AvgIpc) is 3.37. The number of nitrogens with zero attached hydrogens (tertiary/aromatic N) is 2. The zero-order valence-electron chi connectivity index (χ0n) is 18.4. The number of benzene rings is 2. The number of nitrogens with one attached hydrogen (secondary N) is 1. The van der Waals surface area contributed by atoms with Crippen molar-refractivity contribution in [3.05, 3.63) is 93.8 Å². The fraction of sp³-hybridized carbons (Fsp3) is 0.192. The summed E-state index contributed by atoms with van der Waals surface area (Å²) >= 11 is 1.51. The van der Waals surface area contributed by atoms with Crippen molar-refractivity contribution >= 4 is 40.7 Å². The van der Waals surface area contributed by atoms with E-state index in [-0.39, 0.29) is 23.3 Å². The fourth-order valence-corrected chi connectivity index (χ4v) is 4.35. The largest absolute Gasteiger partial charge is 0.368 e. The first-order valence-corrected chi connectivity index (χ1v) is 11.7. The van der Waals surface area contributed by atoms with Crippen LogP contribution in [0.25, 0.3) is 6.08 Å². The third-order valence-corrected chi connectivity index (χ3v) is 6.37. The molecule has 1 aliphatic rings. The number of carbonyl (C=O) groups is 3. The van der Waals surface area contributed by atoms with E-state index in [9.17, 15) is 14.4 Å². The van der Waals surface area contributed by atoms with Crippen molar-refractivity contribution in [2.24, 2.45) is 0 Å². The first-order valence-electron chi connectivity index (χ1n) is 10.8. The van der Waals surface area contributed by atoms with Gasteiger partial charge >= 0.3 is 0 Å². The number of carbonyl (C=O) groups excluding carboxylic acids is 3. The van der Waals surface area contributed by atoms with Crippen molar-refractivity contribution in [3.8, 4) is 0 Å². The van der Waals surface area contributed by atoms with E-state index in [4.69, 9.17) is 0 Å². The number of hydrogen-bond donors (Lipinski definition) is 1. The predicted molar refractivity (Wildman–Crippen MR) is 131 cm³/mol. The lowest BCUT2D eigenvalue weighted by atomic mass is 10.1. The summed E-state index contributed by atoms with van der Waals surface area (Å²) in [4.78, 5) is 42.4. The van der Waals surface area contributed by atoms with Crippen LogP contribution in [0.1, 0.15) is 32.5 Å². The van der Waals surface area contributed by atoms with Crippen LogP contribution in [0.5, 0.6) is 0 Å². The molecule has 0 spiro atoms. The van der Waals surface area contributed by atoms with Crippen LogP contribution in [0.4, 0.5) is 5.69 Å². The van der Waals surface area contributed by atoms with Crippen molar-refractivity contribution in [2.45, 2.75) is 6.92 Å². The van der Waals surface area contributed by atoms with Gasteiger partial charge < -0.3 is 15.1 Å². The minimum Gasteiger partial charge on any atom is -0.368 e. The van der Waals surface area contributed by atoms with Gasteiger partial charge in [0, 0.05) is 47.9 Å². The molecule has 2 aromatic carbocycles. The molecule has 1 aliphatic heterocycles. The summed E-state index contributed by atoms with van der Waals surface area (Å²) in [5.74, 6) is -0.463. The maximum atomic E-state index is 13.3. The minimum atomic E-state index is -0.309. The van der Waals surface area contributed by atoms with Crippen LogP contribution in [0.15, 0.2) is 77.8 Å². The van der Waals surface area contributed by atoms with E-state index in [1.165, 1.54) is 11.3 Å². The van der Waals surface area contributed by atoms with Crippen molar-refractivity contribution in [1.82, 2.24) is 10.2 Å². The topological polar surface area (TPSA) is 69.7 Å². The molecule has 1 saturated heterocycles. The summed E-state index contributed by atoms with van der Waals surface area (Å²) in [7, 11) is 0. The third kappa shape index (κ3) is 5.56. The number of amides is 2. The standard InChI is InChI=1S/C26H25N3O3S/c1-19(30)20-9-11-22(12-10-20)28-13-15-29(16-14-28)26(32)24(18-23-8-5-17-33-23)27-25(31)21-6-3-2-4-7-21/h2-12,17-18H,13-16H2,1H3,(H,27,31). The van der Waals surface area contributed by atoms with E-state index in [0.717, 1.165) is 10.6 Å². The monoisotopic (exact) mass is 459 g/mol. The number of piperazine rings is 1. The Balaban J connectivity index is 1.45. The molecule has 33 heavy (non-hydrogen) atoms. The third-order valence-electron chi connectivity index (χ3n) is 5.55. The molecular formula is C26H25N3O3S. The Labute approximate surface area is 197 Å². The SMILES string of the molecule is CC(=O)c1ccc(N2CCN(C(=O)C(=Cc3cccs3)NC(=O)c3ccccc3)CC2)cc1.